The molecular formula is C23H28N2O3S. The summed E-state index contributed by atoms with van der Waals surface area (Å²) < 4.78 is 6.20. The molecule has 1 aliphatic heterocycles. The number of benzene rings is 1. The highest BCUT2D eigenvalue weighted by molar-refractivity contribution is 7.10. The molecule has 1 saturated heterocycles. The molecule has 4 rings (SSSR count). The Morgan fingerprint density at radius 3 is 2.62 bits per heavy atom. The Bertz CT molecular complexity index is 831. The van der Waals surface area contributed by atoms with Crippen molar-refractivity contribution in [1.29, 1.82) is 0 Å². The molecule has 1 spiro atoms. The van der Waals surface area contributed by atoms with Crippen LogP contribution in [0, 0.1) is 0 Å². The number of ether oxygens (including phenoxy) is 1. The monoisotopic (exact) mass is 412 g/mol. The summed E-state index contributed by atoms with van der Waals surface area (Å²) in [6, 6.07) is 13.1. The summed E-state index contributed by atoms with van der Waals surface area (Å²) in [5.74, 6) is -0.150. The van der Waals surface area contributed by atoms with Crippen molar-refractivity contribution in [2.45, 2.75) is 63.3 Å². The zero-order valence-electron chi connectivity index (χ0n) is 16.8. The maximum atomic E-state index is 13.3. The van der Waals surface area contributed by atoms with Gasteiger partial charge in [0.1, 0.15) is 11.8 Å². The van der Waals surface area contributed by atoms with Crippen LogP contribution in [0.2, 0.25) is 0 Å². The predicted molar refractivity (Wildman–Crippen MR) is 113 cm³/mol. The van der Waals surface area contributed by atoms with Crippen LogP contribution in [0.1, 0.15) is 55.5 Å². The standard InChI is InChI=1S/C23H28N2O3S/c1-17(18-9-4-2-5-10-18)24-22(27)20-16-28-23(12-6-3-7-13-23)25(20)21(26)15-19-11-8-14-29-19/h2,4-5,8-11,14,17,20H,3,6-7,12-13,15-16H2,1H3,(H,24,27)/t17-,20+/m0/s1. The molecule has 2 heterocycles. The average molecular weight is 413 g/mol. The van der Waals surface area contributed by atoms with E-state index in [-0.39, 0.29) is 24.5 Å². The summed E-state index contributed by atoms with van der Waals surface area (Å²) >= 11 is 1.57. The van der Waals surface area contributed by atoms with Gasteiger partial charge in [-0.3, -0.25) is 14.5 Å². The van der Waals surface area contributed by atoms with E-state index in [1.54, 1.807) is 16.2 Å². The average Bonchev–Trinajstić information content (AvgIpc) is 3.37. The van der Waals surface area contributed by atoms with Gasteiger partial charge in [0.25, 0.3) is 0 Å². The summed E-state index contributed by atoms with van der Waals surface area (Å²) in [6.45, 7) is 2.24. The van der Waals surface area contributed by atoms with Crippen molar-refractivity contribution in [3.63, 3.8) is 0 Å². The highest BCUT2D eigenvalue weighted by atomic mass is 32.1. The summed E-state index contributed by atoms with van der Waals surface area (Å²) in [5.41, 5.74) is 0.425. The maximum Gasteiger partial charge on any atom is 0.245 e. The lowest BCUT2D eigenvalue weighted by atomic mass is 9.90. The van der Waals surface area contributed by atoms with Gasteiger partial charge >= 0.3 is 0 Å². The molecule has 2 aliphatic rings. The number of carbonyl (C=O) groups excluding carboxylic acids is 2. The Kier molecular flexibility index (Phi) is 6.01. The molecular weight excluding hydrogens is 384 g/mol. The van der Waals surface area contributed by atoms with E-state index in [2.05, 4.69) is 5.32 Å². The zero-order valence-corrected chi connectivity index (χ0v) is 17.6. The van der Waals surface area contributed by atoms with E-state index in [1.807, 2.05) is 54.8 Å². The Hall–Kier alpha value is -2.18. The van der Waals surface area contributed by atoms with Crippen LogP contribution in [0.25, 0.3) is 0 Å². The number of thiophene rings is 1. The molecule has 1 aliphatic carbocycles. The highest BCUT2D eigenvalue weighted by Gasteiger charge is 2.52. The largest absolute Gasteiger partial charge is 0.353 e. The first-order valence-corrected chi connectivity index (χ1v) is 11.3. The molecule has 2 fully saturated rings. The van der Waals surface area contributed by atoms with Crippen LogP contribution in [0.15, 0.2) is 47.8 Å². The molecule has 6 heteroatoms. The molecule has 5 nitrogen and oxygen atoms in total. The molecule has 1 aromatic carbocycles. The molecule has 2 amide bonds. The van der Waals surface area contributed by atoms with Gasteiger partial charge in [0.05, 0.1) is 19.1 Å². The third kappa shape index (κ3) is 4.23. The fourth-order valence-electron chi connectivity index (χ4n) is 4.53. The van der Waals surface area contributed by atoms with Gasteiger partial charge in [-0.05, 0) is 49.6 Å². The fraction of sp³-hybridized carbons (Fsp3) is 0.478. The van der Waals surface area contributed by atoms with E-state index in [9.17, 15) is 9.59 Å². The van der Waals surface area contributed by atoms with Crippen LogP contribution in [0.5, 0.6) is 0 Å². The van der Waals surface area contributed by atoms with Gasteiger partial charge in [-0.25, -0.2) is 0 Å². The molecule has 0 unspecified atom stereocenters. The van der Waals surface area contributed by atoms with Gasteiger partial charge in [-0.2, -0.15) is 0 Å². The topological polar surface area (TPSA) is 58.6 Å². The van der Waals surface area contributed by atoms with Crippen LogP contribution in [0.3, 0.4) is 0 Å². The van der Waals surface area contributed by atoms with E-state index in [0.717, 1.165) is 42.5 Å². The minimum Gasteiger partial charge on any atom is -0.353 e. The summed E-state index contributed by atoms with van der Waals surface area (Å²) in [5, 5.41) is 5.07. The van der Waals surface area contributed by atoms with Gasteiger partial charge in [-0.1, -0.05) is 42.8 Å². The number of nitrogens with one attached hydrogen (secondary N) is 1. The van der Waals surface area contributed by atoms with Gasteiger partial charge in [-0.15, -0.1) is 11.3 Å². The molecule has 2 aromatic rings. The van der Waals surface area contributed by atoms with E-state index >= 15 is 0 Å². The normalized spacial score (nSPS) is 21.8. The van der Waals surface area contributed by atoms with Crippen LogP contribution < -0.4 is 5.32 Å². The van der Waals surface area contributed by atoms with Gasteiger partial charge in [0.2, 0.25) is 11.8 Å². The minimum absolute atomic E-state index is 0.0145. The van der Waals surface area contributed by atoms with E-state index < -0.39 is 11.8 Å². The smallest absolute Gasteiger partial charge is 0.245 e. The second-order valence-corrected chi connectivity index (χ2v) is 9.03. The lowest BCUT2D eigenvalue weighted by Crippen LogP contribution is -2.57. The molecule has 29 heavy (non-hydrogen) atoms. The zero-order chi connectivity index (χ0) is 20.3. The first kappa shape index (κ1) is 20.1. The van der Waals surface area contributed by atoms with E-state index in [0.29, 0.717) is 6.42 Å². The summed E-state index contributed by atoms with van der Waals surface area (Å²) in [7, 11) is 0. The fourth-order valence-corrected chi connectivity index (χ4v) is 5.22. The van der Waals surface area contributed by atoms with E-state index in [1.165, 1.54) is 0 Å². The number of hydrogen-bond acceptors (Lipinski definition) is 4. The SMILES string of the molecule is C[C@H](NC(=O)[C@H]1COC2(CCCCC2)N1C(=O)Cc1cccs1)c1ccccc1. The molecule has 1 aromatic heterocycles. The van der Waals surface area contributed by atoms with Crippen molar-refractivity contribution in [2.75, 3.05) is 6.61 Å². The van der Waals surface area contributed by atoms with Crippen molar-refractivity contribution in [3.8, 4) is 0 Å². The number of hydrogen-bond donors (Lipinski definition) is 1. The second-order valence-electron chi connectivity index (χ2n) is 7.99. The summed E-state index contributed by atoms with van der Waals surface area (Å²) in [4.78, 5) is 29.3. The number of rotatable bonds is 5. The van der Waals surface area contributed by atoms with Crippen LogP contribution in [0.4, 0.5) is 0 Å². The van der Waals surface area contributed by atoms with Gasteiger partial charge in [0, 0.05) is 4.88 Å². The molecule has 1 N–H and O–H groups in total. The molecule has 2 atom stereocenters. The Balaban J connectivity index is 1.53. The Morgan fingerprint density at radius 2 is 1.93 bits per heavy atom. The quantitative estimate of drug-likeness (QED) is 0.806. The predicted octanol–water partition coefficient (Wildman–Crippen LogP) is 4.06. The Labute approximate surface area is 176 Å². The lowest BCUT2D eigenvalue weighted by Gasteiger charge is -2.41. The van der Waals surface area contributed by atoms with Crippen LogP contribution in [-0.4, -0.2) is 35.1 Å². The molecule has 0 bridgehead atoms. The van der Waals surface area contributed by atoms with Crippen molar-refractivity contribution in [2.24, 2.45) is 0 Å². The van der Waals surface area contributed by atoms with E-state index in [4.69, 9.17) is 4.74 Å². The molecule has 154 valence electrons. The summed E-state index contributed by atoms with van der Waals surface area (Å²) in [6.07, 6.45) is 5.14. The Morgan fingerprint density at radius 1 is 1.17 bits per heavy atom. The third-order valence-electron chi connectivity index (χ3n) is 6.03. The minimum atomic E-state index is -0.620. The first-order chi connectivity index (χ1) is 14.1. The molecule has 1 saturated carbocycles. The molecule has 0 radical (unpaired) electrons. The number of amides is 2. The van der Waals surface area contributed by atoms with Gasteiger partial charge in [0.15, 0.2) is 0 Å². The van der Waals surface area contributed by atoms with Crippen molar-refractivity contribution in [1.82, 2.24) is 10.2 Å². The van der Waals surface area contributed by atoms with Crippen LogP contribution in [-0.2, 0) is 20.7 Å². The second kappa shape index (κ2) is 8.67. The number of carbonyl (C=O) groups is 2. The van der Waals surface area contributed by atoms with Crippen molar-refractivity contribution < 1.29 is 14.3 Å². The highest BCUT2D eigenvalue weighted by Crippen LogP contribution is 2.41. The first-order valence-electron chi connectivity index (χ1n) is 10.4. The van der Waals surface area contributed by atoms with Crippen LogP contribution >= 0.6 is 11.3 Å². The van der Waals surface area contributed by atoms with Crippen molar-refractivity contribution >= 4 is 23.2 Å². The van der Waals surface area contributed by atoms with Crippen molar-refractivity contribution in [3.05, 3.63) is 58.3 Å². The number of nitrogens with zero attached hydrogens (tertiary/aromatic N) is 1. The third-order valence-corrected chi connectivity index (χ3v) is 6.91. The lowest BCUT2D eigenvalue weighted by molar-refractivity contribution is -0.159. The maximum absolute atomic E-state index is 13.3. The van der Waals surface area contributed by atoms with Gasteiger partial charge < -0.3 is 10.1 Å².